The number of hydrogen-bond donors (Lipinski definition) is 0. The van der Waals surface area contributed by atoms with Crippen LogP contribution in [0, 0.1) is 0 Å². The van der Waals surface area contributed by atoms with Gasteiger partial charge in [0.2, 0.25) is 0 Å². The maximum Gasteiger partial charge on any atom is 0.194 e. The molecule has 3 heterocycles. The molecule has 3 nitrogen and oxygen atoms in total. The van der Waals surface area contributed by atoms with E-state index in [4.69, 9.17) is 4.42 Å². The minimum atomic E-state index is 0.726. The minimum Gasteiger partial charge on any atom is -0.448 e. The van der Waals surface area contributed by atoms with E-state index in [1.165, 1.54) is 0 Å². The van der Waals surface area contributed by atoms with Crippen molar-refractivity contribution in [1.29, 1.82) is 0 Å². The molecule has 0 aliphatic carbocycles. The van der Waals surface area contributed by atoms with Crippen LogP contribution in [0.3, 0.4) is 0 Å². The Morgan fingerprint density at radius 3 is 3.07 bits per heavy atom. The summed E-state index contributed by atoms with van der Waals surface area (Å²) < 4.78 is 8.12. The Labute approximate surface area is 92.1 Å². The van der Waals surface area contributed by atoms with E-state index in [1.807, 2.05) is 34.3 Å². The van der Waals surface area contributed by atoms with Gasteiger partial charge in [-0.15, -0.1) is 11.3 Å². The van der Waals surface area contributed by atoms with Crippen LogP contribution in [0.2, 0.25) is 0 Å². The Morgan fingerprint density at radius 2 is 2.36 bits per heavy atom. The molecule has 0 amide bonds. The lowest BCUT2D eigenvalue weighted by molar-refractivity contribution is 0.554. The highest BCUT2D eigenvalue weighted by Gasteiger charge is 2.08. The molecule has 0 atom stereocenters. The lowest BCUT2D eigenvalue weighted by Crippen LogP contribution is -1.70. The van der Waals surface area contributed by atoms with Crippen molar-refractivity contribution in [2.75, 3.05) is 0 Å². The smallest absolute Gasteiger partial charge is 0.194 e. The number of thiazole rings is 1. The van der Waals surface area contributed by atoms with Crippen LogP contribution in [0.4, 0.5) is 0 Å². The first-order valence-corrected chi connectivity index (χ1v) is 5.68. The predicted octanol–water partition coefficient (Wildman–Crippen LogP) is 3.42. The fourth-order valence-corrected chi connectivity index (χ4v) is 2.30. The van der Waals surface area contributed by atoms with Crippen LogP contribution in [0.15, 0.2) is 39.0 Å². The fourth-order valence-electron chi connectivity index (χ4n) is 1.30. The molecule has 0 spiro atoms. The van der Waals surface area contributed by atoms with Gasteiger partial charge in [-0.2, -0.15) is 0 Å². The average molecular weight is 269 g/mol. The molecule has 5 heteroatoms. The summed E-state index contributed by atoms with van der Waals surface area (Å²) in [5.41, 5.74) is 0.863. The molecule has 3 aromatic rings. The highest BCUT2D eigenvalue weighted by molar-refractivity contribution is 9.10. The number of rotatable bonds is 1. The van der Waals surface area contributed by atoms with Gasteiger partial charge in [0, 0.05) is 17.8 Å². The first kappa shape index (κ1) is 8.26. The van der Waals surface area contributed by atoms with Gasteiger partial charge in [0.25, 0.3) is 0 Å². The van der Waals surface area contributed by atoms with Gasteiger partial charge in [-0.25, -0.2) is 4.98 Å². The Bertz CT molecular complexity index is 552. The summed E-state index contributed by atoms with van der Waals surface area (Å²) in [4.78, 5) is 5.40. The van der Waals surface area contributed by atoms with Gasteiger partial charge in [0.05, 0.1) is 0 Å². The topological polar surface area (TPSA) is 30.4 Å². The number of fused-ring (bicyclic) bond motifs is 1. The molecular formula is C9H5BrN2OS. The van der Waals surface area contributed by atoms with Crippen molar-refractivity contribution >= 4 is 32.2 Å². The molecule has 0 radical (unpaired) electrons. The maximum atomic E-state index is 5.41. The van der Waals surface area contributed by atoms with Crippen molar-refractivity contribution in [3.05, 3.63) is 34.6 Å². The molecule has 0 aliphatic heterocycles. The van der Waals surface area contributed by atoms with Gasteiger partial charge in [-0.05, 0) is 28.1 Å². The van der Waals surface area contributed by atoms with Crippen molar-refractivity contribution in [3.63, 3.8) is 0 Å². The number of nitrogens with zero attached hydrogens (tertiary/aromatic N) is 2. The SMILES string of the molecule is Brc1ccc(-c2cn3ccsc3n2)o1. The molecule has 0 aliphatic rings. The van der Waals surface area contributed by atoms with E-state index < -0.39 is 0 Å². The summed E-state index contributed by atoms with van der Waals surface area (Å²) in [5, 5.41) is 2.00. The zero-order chi connectivity index (χ0) is 9.54. The normalized spacial score (nSPS) is 11.2. The molecule has 3 aromatic heterocycles. The van der Waals surface area contributed by atoms with E-state index in [-0.39, 0.29) is 0 Å². The molecule has 14 heavy (non-hydrogen) atoms. The number of aromatic nitrogens is 2. The Kier molecular flexibility index (Phi) is 1.75. The van der Waals surface area contributed by atoms with E-state index >= 15 is 0 Å². The molecule has 0 N–H and O–H groups in total. The van der Waals surface area contributed by atoms with Crippen LogP contribution in [-0.4, -0.2) is 9.38 Å². The van der Waals surface area contributed by atoms with E-state index in [0.717, 1.165) is 21.1 Å². The van der Waals surface area contributed by atoms with Crippen LogP contribution < -0.4 is 0 Å². The number of imidazole rings is 1. The largest absolute Gasteiger partial charge is 0.448 e. The van der Waals surface area contributed by atoms with Crippen LogP contribution >= 0.6 is 27.3 Å². The van der Waals surface area contributed by atoms with Crippen LogP contribution in [-0.2, 0) is 0 Å². The van der Waals surface area contributed by atoms with Gasteiger partial charge in [-0.1, -0.05) is 0 Å². The predicted molar refractivity (Wildman–Crippen MR) is 58.5 cm³/mol. The molecule has 0 bridgehead atoms. The number of furan rings is 1. The van der Waals surface area contributed by atoms with Crippen LogP contribution in [0.5, 0.6) is 0 Å². The quantitative estimate of drug-likeness (QED) is 0.677. The average Bonchev–Trinajstić information content (AvgIpc) is 2.75. The third-order valence-corrected chi connectivity index (χ3v) is 3.12. The second kappa shape index (κ2) is 2.96. The summed E-state index contributed by atoms with van der Waals surface area (Å²) >= 11 is 4.87. The summed E-state index contributed by atoms with van der Waals surface area (Å²) in [5.74, 6) is 0.785. The number of halogens is 1. The van der Waals surface area contributed by atoms with Crippen molar-refractivity contribution in [1.82, 2.24) is 9.38 Å². The van der Waals surface area contributed by atoms with Gasteiger partial charge < -0.3 is 4.42 Å². The van der Waals surface area contributed by atoms with Crippen LogP contribution in [0.1, 0.15) is 0 Å². The molecule has 0 aromatic carbocycles. The van der Waals surface area contributed by atoms with Gasteiger partial charge in [0.15, 0.2) is 15.4 Å². The number of hydrogen-bond acceptors (Lipinski definition) is 3. The molecule has 0 fully saturated rings. The monoisotopic (exact) mass is 268 g/mol. The first-order chi connectivity index (χ1) is 6.83. The summed E-state index contributed by atoms with van der Waals surface area (Å²) in [6.07, 6.45) is 3.94. The van der Waals surface area contributed by atoms with E-state index in [2.05, 4.69) is 20.9 Å². The molecule has 0 saturated heterocycles. The third kappa shape index (κ3) is 1.20. The second-order valence-electron chi connectivity index (χ2n) is 2.82. The maximum absolute atomic E-state index is 5.41. The molecule has 0 unspecified atom stereocenters. The van der Waals surface area contributed by atoms with Crippen molar-refractivity contribution in [2.45, 2.75) is 0 Å². The van der Waals surface area contributed by atoms with Crippen molar-refractivity contribution in [2.24, 2.45) is 0 Å². The standard InChI is InChI=1S/C9H5BrN2OS/c10-8-2-1-7(13-8)6-5-12-3-4-14-9(12)11-6/h1-5H. The fraction of sp³-hybridized carbons (Fsp3) is 0. The Morgan fingerprint density at radius 1 is 1.43 bits per heavy atom. The van der Waals surface area contributed by atoms with Crippen molar-refractivity contribution in [3.8, 4) is 11.5 Å². The second-order valence-corrected chi connectivity index (χ2v) is 4.48. The van der Waals surface area contributed by atoms with E-state index in [0.29, 0.717) is 0 Å². The van der Waals surface area contributed by atoms with Gasteiger partial charge in [0.1, 0.15) is 5.69 Å². The molecule has 3 rings (SSSR count). The lowest BCUT2D eigenvalue weighted by atomic mass is 10.4. The molecule has 70 valence electrons. The molecule has 0 saturated carbocycles. The third-order valence-electron chi connectivity index (χ3n) is 1.92. The zero-order valence-corrected chi connectivity index (χ0v) is 9.38. The first-order valence-electron chi connectivity index (χ1n) is 4.01. The van der Waals surface area contributed by atoms with Crippen molar-refractivity contribution < 1.29 is 4.42 Å². The summed E-state index contributed by atoms with van der Waals surface area (Å²) in [7, 11) is 0. The zero-order valence-electron chi connectivity index (χ0n) is 6.98. The minimum absolute atomic E-state index is 0.726. The highest BCUT2D eigenvalue weighted by Crippen LogP contribution is 2.25. The van der Waals surface area contributed by atoms with Gasteiger partial charge in [-0.3, -0.25) is 4.40 Å². The van der Waals surface area contributed by atoms with Crippen LogP contribution in [0.25, 0.3) is 16.4 Å². The summed E-state index contributed by atoms with van der Waals surface area (Å²) in [6.45, 7) is 0. The summed E-state index contributed by atoms with van der Waals surface area (Å²) in [6, 6.07) is 3.76. The van der Waals surface area contributed by atoms with E-state index in [1.54, 1.807) is 11.3 Å². The highest BCUT2D eigenvalue weighted by atomic mass is 79.9. The van der Waals surface area contributed by atoms with Gasteiger partial charge >= 0.3 is 0 Å². The van der Waals surface area contributed by atoms with E-state index in [9.17, 15) is 0 Å². The Hall–Kier alpha value is -1.07. The lowest BCUT2D eigenvalue weighted by Gasteiger charge is -1.86. The Balaban J connectivity index is 2.18. The molecular weight excluding hydrogens is 264 g/mol.